The molecule has 3 rings (SSSR count). The number of ether oxygens (including phenoxy) is 1. The van der Waals surface area contributed by atoms with E-state index in [2.05, 4.69) is 9.97 Å². The Morgan fingerprint density at radius 3 is 2.71 bits per heavy atom. The Morgan fingerprint density at radius 1 is 1.29 bits per heavy atom. The van der Waals surface area contributed by atoms with Crippen LogP contribution in [0.1, 0.15) is 11.1 Å². The van der Waals surface area contributed by atoms with Crippen molar-refractivity contribution in [2.75, 3.05) is 7.11 Å². The molecule has 0 radical (unpaired) electrons. The van der Waals surface area contributed by atoms with Crippen LogP contribution in [0.25, 0.3) is 11.4 Å². The number of hydrogen-bond acceptors (Lipinski definition) is 4. The fourth-order valence-electron chi connectivity index (χ4n) is 2.56. The first-order chi connectivity index (χ1) is 11.5. The van der Waals surface area contributed by atoms with Crippen molar-refractivity contribution in [1.82, 2.24) is 19.1 Å². The van der Waals surface area contributed by atoms with Gasteiger partial charge in [-0.3, -0.25) is 4.79 Å². The highest BCUT2D eigenvalue weighted by molar-refractivity contribution is 6.29. The lowest BCUT2D eigenvalue weighted by Gasteiger charge is -2.10. The molecule has 0 unspecified atom stereocenters. The van der Waals surface area contributed by atoms with Crippen LogP contribution in [-0.2, 0) is 13.6 Å². The largest absolute Gasteiger partial charge is 0.481 e. The first-order valence-electron chi connectivity index (χ1n) is 7.37. The zero-order valence-corrected chi connectivity index (χ0v) is 14.4. The van der Waals surface area contributed by atoms with Crippen LogP contribution >= 0.6 is 11.6 Å². The summed E-state index contributed by atoms with van der Waals surface area (Å²) < 4.78 is 8.55. The van der Waals surface area contributed by atoms with Crippen LogP contribution in [-0.4, -0.2) is 26.2 Å². The average Bonchev–Trinajstić information content (AvgIpc) is 2.93. The van der Waals surface area contributed by atoms with Crippen molar-refractivity contribution in [3.8, 4) is 17.3 Å². The number of methoxy groups -OCH3 is 1. The lowest BCUT2D eigenvalue weighted by Crippen LogP contribution is -2.18. The van der Waals surface area contributed by atoms with Gasteiger partial charge >= 0.3 is 0 Å². The van der Waals surface area contributed by atoms with Gasteiger partial charge in [-0.25, -0.2) is 9.97 Å². The molecule has 0 atom stereocenters. The molecule has 0 aliphatic heterocycles. The molecule has 0 fully saturated rings. The van der Waals surface area contributed by atoms with E-state index in [1.165, 1.54) is 0 Å². The molecule has 0 spiro atoms. The van der Waals surface area contributed by atoms with Gasteiger partial charge < -0.3 is 13.9 Å². The van der Waals surface area contributed by atoms with E-state index in [4.69, 9.17) is 16.3 Å². The van der Waals surface area contributed by atoms with Crippen LogP contribution < -0.4 is 10.3 Å². The molecule has 0 N–H and O–H groups in total. The van der Waals surface area contributed by atoms with Crippen LogP contribution in [0, 0.1) is 6.92 Å². The SMILES string of the molecule is COc1ccc(Cn2cc(Cl)nc2-c2cc(C)c(=O)n(C)c2)cn1. The fraction of sp³-hybridized carbons (Fsp3) is 0.235. The summed E-state index contributed by atoms with van der Waals surface area (Å²) in [6, 6.07) is 5.57. The van der Waals surface area contributed by atoms with Crippen molar-refractivity contribution >= 4 is 11.6 Å². The molecule has 0 amide bonds. The molecule has 24 heavy (non-hydrogen) atoms. The Kier molecular flexibility index (Phi) is 4.40. The number of rotatable bonds is 4. The average molecular weight is 345 g/mol. The number of aryl methyl sites for hydroxylation is 2. The van der Waals surface area contributed by atoms with E-state index in [9.17, 15) is 4.79 Å². The molecule has 124 valence electrons. The summed E-state index contributed by atoms with van der Waals surface area (Å²) in [4.78, 5) is 20.5. The van der Waals surface area contributed by atoms with Crippen molar-refractivity contribution in [3.05, 3.63) is 63.4 Å². The normalized spacial score (nSPS) is 10.8. The maximum absolute atomic E-state index is 11.9. The molecule has 0 aromatic carbocycles. The van der Waals surface area contributed by atoms with Gasteiger partial charge in [-0.05, 0) is 18.6 Å². The van der Waals surface area contributed by atoms with E-state index in [0.717, 1.165) is 11.1 Å². The zero-order valence-electron chi connectivity index (χ0n) is 13.7. The Balaban J connectivity index is 2.00. The summed E-state index contributed by atoms with van der Waals surface area (Å²) in [7, 11) is 3.30. The number of pyridine rings is 2. The Labute approximate surface area is 144 Å². The second-order valence-electron chi connectivity index (χ2n) is 5.55. The summed E-state index contributed by atoms with van der Waals surface area (Å²) in [5.74, 6) is 1.27. The number of nitrogens with zero attached hydrogens (tertiary/aromatic N) is 4. The third-order valence-corrected chi connectivity index (χ3v) is 3.91. The quantitative estimate of drug-likeness (QED) is 0.730. The van der Waals surface area contributed by atoms with Gasteiger partial charge in [0.05, 0.1) is 13.7 Å². The smallest absolute Gasteiger partial charge is 0.253 e. The van der Waals surface area contributed by atoms with Crippen LogP contribution in [0.3, 0.4) is 0 Å². The minimum Gasteiger partial charge on any atom is -0.481 e. The molecule has 3 aromatic rings. The highest BCUT2D eigenvalue weighted by Crippen LogP contribution is 2.22. The van der Waals surface area contributed by atoms with E-state index in [1.807, 2.05) is 22.8 Å². The predicted octanol–water partition coefficient (Wildman–Crippen LogP) is 2.66. The molecule has 0 saturated heterocycles. The number of imidazole rings is 1. The van der Waals surface area contributed by atoms with E-state index in [-0.39, 0.29) is 5.56 Å². The van der Waals surface area contributed by atoms with Gasteiger partial charge in [0, 0.05) is 42.8 Å². The Bertz CT molecular complexity index is 903. The van der Waals surface area contributed by atoms with Gasteiger partial charge in [-0.2, -0.15) is 0 Å². The van der Waals surface area contributed by atoms with Crippen molar-refractivity contribution < 1.29 is 4.74 Å². The molecule has 7 heteroatoms. The molecular weight excluding hydrogens is 328 g/mol. The van der Waals surface area contributed by atoms with Gasteiger partial charge in [0.15, 0.2) is 0 Å². The summed E-state index contributed by atoms with van der Waals surface area (Å²) in [6.45, 7) is 2.35. The van der Waals surface area contributed by atoms with Crippen LogP contribution in [0.15, 0.2) is 41.6 Å². The van der Waals surface area contributed by atoms with Crippen molar-refractivity contribution in [3.63, 3.8) is 0 Å². The van der Waals surface area contributed by atoms with Crippen molar-refractivity contribution in [2.45, 2.75) is 13.5 Å². The number of halogens is 1. The minimum absolute atomic E-state index is 0.0256. The lowest BCUT2D eigenvalue weighted by molar-refractivity contribution is 0.397. The van der Waals surface area contributed by atoms with Crippen LogP contribution in [0.2, 0.25) is 5.15 Å². The van der Waals surface area contributed by atoms with Crippen molar-refractivity contribution in [1.29, 1.82) is 0 Å². The zero-order chi connectivity index (χ0) is 17.3. The van der Waals surface area contributed by atoms with Gasteiger partial charge in [0.25, 0.3) is 5.56 Å². The van der Waals surface area contributed by atoms with E-state index in [1.54, 1.807) is 44.2 Å². The third kappa shape index (κ3) is 3.19. The summed E-state index contributed by atoms with van der Waals surface area (Å²) in [5, 5.41) is 0.401. The van der Waals surface area contributed by atoms with Crippen LogP contribution in [0.5, 0.6) is 5.88 Å². The maximum Gasteiger partial charge on any atom is 0.253 e. The first-order valence-corrected chi connectivity index (χ1v) is 7.75. The van der Waals surface area contributed by atoms with E-state index < -0.39 is 0 Å². The topological polar surface area (TPSA) is 61.9 Å². The summed E-state index contributed by atoms with van der Waals surface area (Å²) in [6.07, 6.45) is 5.28. The van der Waals surface area contributed by atoms with E-state index in [0.29, 0.717) is 29.0 Å². The maximum atomic E-state index is 11.9. The Morgan fingerprint density at radius 2 is 2.08 bits per heavy atom. The molecule has 0 bridgehead atoms. The highest BCUT2D eigenvalue weighted by Gasteiger charge is 2.12. The van der Waals surface area contributed by atoms with Gasteiger partial charge in [0.2, 0.25) is 5.88 Å². The van der Waals surface area contributed by atoms with Crippen molar-refractivity contribution in [2.24, 2.45) is 7.05 Å². The molecule has 0 aliphatic rings. The molecule has 0 saturated carbocycles. The van der Waals surface area contributed by atoms with Gasteiger partial charge in [-0.15, -0.1) is 0 Å². The van der Waals surface area contributed by atoms with Gasteiger partial charge in [-0.1, -0.05) is 17.7 Å². The number of aromatic nitrogens is 4. The molecule has 6 nitrogen and oxygen atoms in total. The predicted molar refractivity (Wildman–Crippen MR) is 92.5 cm³/mol. The molecular formula is C17H17ClN4O2. The standard InChI is InChI=1S/C17H17ClN4O2/c1-11-6-13(9-21(2)17(11)23)16-20-14(18)10-22(16)8-12-4-5-15(24-3)19-7-12/h4-7,9-10H,8H2,1-3H3. The van der Waals surface area contributed by atoms with Gasteiger partial charge in [0.1, 0.15) is 11.0 Å². The second-order valence-corrected chi connectivity index (χ2v) is 5.94. The highest BCUT2D eigenvalue weighted by atomic mass is 35.5. The fourth-order valence-corrected chi connectivity index (χ4v) is 2.75. The molecule has 0 aliphatic carbocycles. The molecule has 3 heterocycles. The van der Waals surface area contributed by atoms with Crippen LogP contribution in [0.4, 0.5) is 0 Å². The third-order valence-electron chi connectivity index (χ3n) is 3.73. The first kappa shape index (κ1) is 16.3. The van der Waals surface area contributed by atoms with E-state index >= 15 is 0 Å². The lowest BCUT2D eigenvalue weighted by atomic mass is 10.2. The molecule has 3 aromatic heterocycles. The monoisotopic (exact) mass is 344 g/mol. The summed E-state index contributed by atoms with van der Waals surface area (Å²) >= 11 is 6.10. The second kappa shape index (κ2) is 6.49. The number of hydrogen-bond donors (Lipinski definition) is 0. The Hall–Kier alpha value is -2.60. The minimum atomic E-state index is -0.0256. The summed E-state index contributed by atoms with van der Waals surface area (Å²) in [5.41, 5.74) is 2.46.